The number of carboxylic acids is 1. The zero-order valence-electron chi connectivity index (χ0n) is 20.0. The quantitative estimate of drug-likeness (QED) is 0.520. The maximum absolute atomic E-state index is 14.1. The number of nitrogens with zero attached hydrogens (tertiary/aromatic N) is 5. The van der Waals surface area contributed by atoms with Gasteiger partial charge in [0.2, 0.25) is 0 Å². The minimum absolute atomic E-state index is 0.0271. The first-order chi connectivity index (χ1) is 17.2. The Bertz CT molecular complexity index is 1320. The molecule has 2 N–H and O–H groups in total. The molecule has 10 nitrogen and oxygen atoms in total. The van der Waals surface area contributed by atoms with Gasteiger partial charge in [0.25, 0.3) is 5.91 Å². The summed E-state index contributed by atoms with van der Waals surface area (Å²) in [5, 5.41) is 15.2. The van der Waals surface area contributed by atoms with Crippen LogP contribution < -0.4 is 10.2 Å². The highest BCUT2D eigenvalue weighted by atomic mass is 19.1. The summed E-state index contributed by atoms with van der Waals surface area (Å²) in [6.07, 6.45) is 9.78. The van der Waals surface area contributed by atoms with Crippen molar-refractivity contribution in [2.45, 2.75) is 51.6 Å². The van der Waals surface area contributed by atoms with Gasteiger partial charge < -0.3 is 15.3 Å². The Hall–Kier alpha value is -4.15. The molecule has 0 saturated carbocycles. The van der Waals surface area contributed by atoms with Gasteiger partial charge >= 0.3 is 5.97 Å². The highest BCUT2D eigenvalue weighted by Crippen LogP contribution is 2.37. The summed E-state index contributed by atoms with van der Waals surface area (Å²) in [6, 6.07) is 3.48. The van der Waals surface area contributed by atoms with E-state index in [1.165, 1.54) is 13.1 Å². The third kappa shape index (κ3) is 5.56. The van der Waals surface area contributed by atoms with Crippen LogP contribution in [0.4, 0.5) is 10.2 Å². The fourth-order valence-electron chi connectivity index (χ4n) is 4.44. The van der Waals surface area contributed by atoms with Gasteiger partial charge in [0.1, 0.15) is 17.2 Å². The number of aliphatic carboxylic acids is 1. The first kappa shape index (κ1) is 25.0. The number of aromatic nitrogens is 4. The maximum atomic E-state index is 14.1. The molecule has 0 spiro atoms. The second kappa shape index (κ2) is 10.6. The minimum Gasteiger partial charge on any atom is -0.478 e. The number of ketones is 1. The van der Waals surface area contributed by atoms with Crippen LogP contribution in [0, 0.1) is 5.82 Å². The number of pyridine rings is 1. The molecule has 2 aliphatic rings. The molecule has 0 radical (unpaired) electrons. The third-order valence-corrected chi connectivity index (χ3v) is 6.13. The number of carbonyl (C=O) groups excluding carboxylic acids is 2. The number of carboxylic acid groups (broad SMARTS) is 1. The van der Waals surface area contributed by atoms with Gasteiger partial charge in [0, 0.05) is 30.6 Å². The zero-order chi connectivity index (χ0) is 25.8. The van der Waals surface area contributed by atoms with Gasteiger partial charge in [-0.05, 0) is 63.3 Å². The predicted molar refractivity (Wildman–Crippen MR) is 129 cm³/mol. The number of amides is 1. The largest absolute Gasteiger partial charge is 0.478 e. The zero-order valence-corrected chi connectivity index (χ0v) is 20.0. The van der Waals surface area contributed by atoms with Gasteiger partial charge in [0.05, 0.1) is 18.4 Å². The van der Waals surface area contributed by atoms with Crippen molar-refractivity contribution in [2.75, 3.05) is 11.4 Å². The summed E-state index contributed by atoms with van der Waals surface area (Å²) < 4.78 is 15.7. The molecule has 1 saturated heterocycles. The Balaban J connectivity index is 0.000000331. The van der Waals surface area contributed by atoms with Crippen LogP contribution in [0.1, 0.15) is 60.8 Å². The molecule has 3 aromatic heterocycles. The van der Waals surface area contributed by atoms with Crippen LogP contribution in [-0.4, -0.2) is 54.9 Å². The Labute approximate surface area is 206 Å². The molecule has 36 heavy (non-hydrogen) atoms. The lowest BCUT2D eigenvalue weighted by molar-refractivity contribution is -0.131. The smallest absolute Gasteiger partial charge is 0.328 e. The lowest BCUT2D eigenvalue weighted by Crippen LogP contribution is -2.33. The van der Waals surface area contributed by atoms with Crippen LogP contribution in [-0.2, 0) is 16.0 Å². The van der Waals surface area contributed by atoms with E-state index in [1.807, 2.05) is 19.2 Å². The number of hydrogen-bond donors (Lipinski definition) is 2. The molecule has 0 aromatic carbocycles. The van der Waals surface area contributed by atoms with E-state index < -0.39 is 5.97 Å². The molecule has 1 amide bonds. The highest BCUT2D eigenvalue weighted by molar-refractivity contribution is 6.00. The van der Waals surface area contributed by atoms with E-state index in [2.05, 4.69) is 20.3 Å². The standard InChI is InChI=1S/C20H21FN6O.C5H6O3/c1-12-4-5-16-14(9-13(21)10-22-16)17-3-2-7-26(17)18-6-8-27-19(25-18)15(11-23-27)20(28)24-12;1-4(6)2-3-5(7)8/h6,8-12,17H,2-5,7H2,1H3,(H,24,28);2-3H,1H3,(H,7,8)/b;3-2+/t12-,17-;/m1./s1. The van der Waals surface area contributed by atoms with Gasteiger partial charge in [-0.2, -0.15) is 5.10 Å². The molecule has 2 aliphatic heterocycles. The molecule has 3 aromatic rings. The topological polar surface area (TPSA) is 130 Å². The third-order valence-electron chi connectivity index (χ3n) is 6.13. The number of aryl methyl sites for hydroxylation is 1. The summed E-state index contributed by atoms with van der Waals surface area (Å²) in [4.78, 5) is 43.7. The van der Waals surface area contributed by atoms with E-state index in [4.69, 9.17) is 10.1 Å². The van der Waals surface area contributed by atoms with E-state index in [9.17, 15) is 18.8 Å². The number of fused-ring (bicyclic) bond motifs is 5. The molecule has 2 atom stereocenters. The van der Waals surface area contributed by atoms with Crippen molar-refractivity contribution in [3.63, 3.8) is 0 Å². The maximum Gasteiger partial charge on any atom is 0.328 e. The molecule has 188 valence electrons. The number of halogens is 1. The van der Waals surface area contributed by atoms with Crippen LogP contribution in [0.5, 0.6) is 0 Å². The lowest BCUT2D eigenvalue weighted by atomic mass is 9.98. The first-order valence-electron chi connectivity index (χ1n) is 11.7. The van der Waals surface area contributed by atoms with Crippen molar-refractivity contribution in [3.8, 4) is 0 Å². The second-order valence-corrected chi connectivity index (χ2v) is 8.85. The van der Waals surface area contributed by atoms with Gasteiger partial charge in [-0.15, -0.1) is 0 Å². The number of allylic oxidation sites excluding steroid dienone is 1. The highest BCUT2D eigenvalue weighted by Gasteiger charge is 2.31. The van der Waals surface area contributed by atoms with Crippen molar-refractivity contribution in [3.05, 3.63) is 65.5 Å². The van der Waals surface area contributed by atoms with Crippen molar-refractivity contribution in [1.82, 2.24) is 24.9 Å². The van der Waals surface area contributed by atoms with Gasteiger partial charge in [-0.25, -0.2) is 18.7 Å². The second-order valence-electron chi connectivity index (χ2n) is 8.85. The molecule has 2 bridgehead atoms. The summed E-state index contributed by atoms with van der Waals surface area (Å²) >= 11 is 0. The van der Waals surface area contributed by atoms with Crippen LogP contribution in [0.15, 0.2) is 42.9 Å². The van der Waals surface area contributed by atoms with Crippen LogP contribution in [0.2, 0.25) is 0 Å². The summed E-state index contributed by atoms with van der Waals surface area (Å²) in [7, 11) is 0. The fourth-order valence-corrected chi connectivity index (χ4v) is 4.44. The van der Waals surface area contributed by atoms with Crippen molar-refractivity contribution in [2.24, 2.45) is 0 Å². The Morgan fingerprint density at radius 3 is 2.78 bits per heavy atom. The van der Waals surface area contributed by atoms with E-state index >= 15 is 0 Å². The molecule has 5 rings (SSSR count). The van der Waals surface area contributed by atoms with Crippen LogP contribution in [0.3, 0.4) is 0 Å². The van der Waals surface area contributed by atoms with Crippen LogP contribution in [0.25, 0.3) is 5.65 Å². The summed E-state index contributed by atoms with van der Waals surface area (Å²) in [5.74, 6) is -1.09. The summed E-state index contributed by atoms with van der Waals surface area (Å²) in [6.45, 7) is 4.09. The minimum atomic E-state index is -1.10. The summed E-state index contributed by atoms with van der Waals surface area (Å²) in [5.41, 5.74) is 2.81. The fraction of sp³-hybridized carbons (Fsp3) is 0.360. The van der Waals surface area contributed by atoms with Crippen molar-refractivity contribution in [1.29, 1.82) is 0 Å². The Morgan fingerprint density at radius 1 is 1.25 bits per heavy atom. The average molecular weight is 495 g/mol. The molecule has 5 heterocycles. The van der Waals surface area contributed by atoms with E-state index in [-0.39, 0.29) is 29.6 Å². The number of rotatable bonds is 2. The monoisotopic (exact) mass is 494 g/mol. The number of nitrogens with one attached hydrogen (secondary N) is 1. The van der Waals surface area contributed by atoms with Crippen molar-refractivity contribution >= 4 is 29.1 Å². The average Bonchev–Trinajstić information content (AvgIpc) is 3.48. The van der Waals surface area contributed by atoms with E-state index in [0.29, 0.717) is 17.6 Å². The van der Waals surface area contributed by atoms with Crippen molar-refractivity contribution < 1.29 is 23.9 Å². The van der Waals surface area contributed by atoms with Gasteiger partial charge in [0.15, 0.2) is 11.4 Å². The Morgan fingerprint density at radius 2 is 2.06 bits per heavy atom. The molecule has 11 heteroatoms. The normalized spacial score (nSPS) is 19.4. The Kier molecular flexibility index (Phi) is 7.37. The van der Waals surface area contributed by atoms with E-state index in [0.717, 1.165) is 55.0 Å². The molecule has 0 unspecified atom stereocenters. The SMILES string of the molecule is CC(=O)/C=C/C(=O)O.C[C@@H]1CCc2ncc(F)cc2[C@H]2CCCN2c2ccn3ncc(c3n2)C(=O)N1. The number of carbonyl (C=O) groups is 3. The van der Waals surface area contributed by atoms with Gasteiger partial charge in [-0.1, -0.05) is 0 Å². The van der Waals surface area contributed by atoms with Crippen LogP contribution >= 0.6 is 0 Å². The molecule has 1 fully saturated rings. The lowest BCUT2D eigenvalue weighted by Gasteiger charge is -2.27. The van der Waals surface area contributed by atoms with Gasteiger partial charge in [-0.3, -0.25) is 14.6 Å². The molecule has 0 aliphatic carbocycles. The first-order valence-corrected chi connectivity index (χ1v) is 11.7. The molecular weight excluding hydrogens is 467 g/mol. The predicted octanol–water partition coefficient (Wildman–Crippen LogP) is 2.89. The molecular formula is C25H27FN6O4. The number of hydrogen-bond acceptors (Lipinski definition) is 7. The van der Waals surface area contributed by atoms with E-state index in [1.54, 1.807) is 16.8 Å². The number of anilines is 1.